The molecule has 23 heavy (non-hydrogen) atoms. The summed E-state index contributed by atoms with van der Waals surface area (Å²) in [6, 6.07) is 14.1. The van der Waals surface area contributed by atoms with E-state index in [1.165, 1.54) is 16.7 Å². The summed E-state index contributed by atoms with van der Waals surface area (Å²) in [4.78, 5) is 12.1. The van der Waals surface area contributed by atoms with Gasteiger partial charge in [-0.2, -0.15) is 0 Å². The van der Waals surface area contributed by atoms with Crippen LogP contribution >= 0.6 is 0 Å². The van der Waals surface area contributed by atoms with E-state index in [1.54, 1.807) is 0 Å². The summed E-state index contributed by atoms with van der Waals surface area (Å²) in [5.41, 5.74) is 4.80. The molecular formula is C20H25NO2. The second-order valence-corrected chi connectivity index (χ2v) is 5.94. The minimum Gasteiger partial charge on any atom is -0.484 e. The van der Waals surface area contributed by atoms with Gasteiger partial charge in [0.2, 0.25) is 0 Å². The first-order chi connectivity index (χ1) is 11.0. The molecule has 0 fully saturated rings. The maximum atomic E-state index is 12.1. The Hall–Kier alpha value is -2.29. The third-order valence-corrected chi connectivity index (χ3v) is 3.97. The maximum absolute atomic E-state index is 12.1. The molecule has 2 aromatic carbocycles. The number of amides is 1. The molecule has 0 radical (unpaired) electrons. The zero-order valence-electron chi connectivity index (χ0n) is 14.3. The number of ether oxygens (including phenoxy) is 1. The molecular weight excluding hydrogens is 286 g/mol. The zero-order chi connectivity index (χ0) is 16.8. The Labute approximate surface area is 138 Å². The van der Waals surface area contributed by atoms with Crippen LogP contribution in [0.5, 0.6) is 5.75 Å². The van der Waals surface area contributed by atoms with Gasteiger partial charge in [-0.05, 0) is 56.0 Å². The van der Waals surface area contributed by atoms with E-state index >= 15 is 0 Å². The summed E-state index contributed by atoms with van der Waals surface area (Å²) in [5, 5.41) is 2.99. The molecule has 0 aromatic heterocycles. The van der Waals surface area contributed by atoms with Gasteiger partial charge in [0.1, 0.15) is 5.75 Å². The van der Waals surface area contributed by atoms with Gasteiger partial charge in [-0.25, -0.2) is 0 Å². The lowest BCUT2D eigenvalue weighted by molar-refractivity contribution is -0.123. The molecule has 0 saturated heterocycles. The number of rotatable bonds is 6. The van der Waals surface area contributed by atoms with Crippen LogP contribution in [0.4, 0.5) is 0 Å². The van der Waals surface area contributed by atoms with E-state index in [0.29, 0.717) is 0 Å². The summed E-state index contributed by atoms with van der Waals surface area (Å²) in [6.07, 6.45) is 0.994. The van der Waals surface area contributed by atoms with Gasteiger partial charge in [0.25, 0.3) is 5.91 Å². The average Bonchev–Trinajstić information content (AvgIpc) is 2.53. The van der Waals surface area contributed by atoms with Gasteiger partial charge in [-0.1, -0.05) is 42.8 Å². The van der Waals surface area contributed by atoms with Crippen molar-refractivity contribution in [3.8, 4) is 5.75 Å². The molecule has 0 aliphatic carbocycles. The number of hydrogen-bond acceptors (Lipinski definition) is 2. The molecule has 0 bridgehead atoms. The van der Waals surface area contributed by atoms with Gasteiger partial charge < -0.3 is 10.1 Å². The van der Waals surface area contributed by atoms with Crippen LogP contribution in [0.2, 0.25) is 0 Å². The van der Waals surface area contributed by atoms with E-state index in [1.807, 2.05) is 31.2 Å². The number of carbonyl (C=O) groups excluding carboxylic acids is 1. The summed E-state index contributed by atoms with van der Waals surface area (Å²) >= 11 is 0. The van der Waals surface area contributed by atoms with Gasteiger partial charge in [0.05, 0.1) is 6.04 Å². The number of carbonyl (C=O) groups is 1. The molecule has 0 heterocycles. The van der Waals surface area contributed by atoms with Gasteiger partial charge in [0, 0.05) is 0 Å². The predicted molar refractivity (Wildman–Crippen MR) is 93.8 cm³/mol. The highest BCUT2D eigenvalue weighted by atomic mass is 16.5. The molecule has 0 aliphatic heterocycles. The van der Waals surface area contributed by atoms with Crippen molar-refractivity contribution in [3.05, 3.63) is 64.7 Å². The highest BCUT2D eigenvalue weighted by molar-refractivity contribution is 5.78. The Kier molecular flexibility index (Phi) is 5.80. The van der Waals surface area contributed by atoms with Crippen LogP contribution in [0, 0.1) is 13.8 Å². The molecule has 1 amide bonds. The molecule has 1 atom stereocenters. The van der Waals surface area contributed by atoms with Crippen molar-refractivity contribution >= 4 is 5.91 Å². The van der Waals surface area contributed by atoms with Crippen molar-refractivity contribution in [1.29, 1.82) is 0 Å². The molecule has 0 spiro atoms. The third-order valence-electron chi connectivity index (χ3n) is 3.97. The zero-order valence-corrected chi connectivity index (χ0v) is 14.3. The van der Waals surface area contributed by atoms with E-state index < -0.39 is 0 Å². The molecule has 3 heteroatoms. The summed E-state index contributed by atoms with van der Waals surface area (Å²) in [7, 11) is 0. The van der Waals surface area contributed by atoms with Gasteiger partial charge in [-0.3, -0.25) is 4.79 Å². The fourth-order valence-corrected chi connectivity index (χ4v) is 2.64. The van der Waals surface area contributed by atoms with E-state index in [2.05, 4.69) is 44.3 Å². The first kappa shape index (κ1) is 17.1. The van der Waals surface area contributed by atoms with Gasteiger partial charge in [0.15, 0.2) is 6.61 Å². The topological polar surface area (TPSA) is 38.3 Å². The third kappa shape index (κ3) is 4.85. The molecule has 2 rings (SSSR count). The van der Waals surface area contributed by atoms with E-state index in [9.17, 15) is 4.79 Å². The highest BCUT2D eigenvalue weighted by Gasteiger charge is 2.12. The second kappa shape index (κ2) is 7.82. The standard InChI is InChI=1S/C20H25NO2/c1-5-17-7-9-18(10-8-17)23-13-20(22)21-16(4)19-11-6-14(2)12-15(19)3/h6-12,16H,5,13H2,1-4H3,(H,21,22)/t16-/m1/s1. The summed E-state index contributed by atoms with van der Waals surface area (Å²) in [6.45, 7) is 8.26. The monoisotopic (exact) mass is 311 g/mol. The second-order valence-electron chi connectivity index (χ2n) is 5.94. The van der Waals surface area contributed by atoms with Crippen LogP contribution in [0.3, 0.4) is 0 Å². The number of hydrogen-bond donors (Lipinski definition) is 1. The van der Waals surface area contributed by atoms with Crippen molar-refractivity contribution in [2.45, 2.75) is 40.2 Å². The molecule has 3 nitrogen and oxygen atoms in total. The lowest BCUT2D eigenvalue weighted by Crippen LogP contribution is -2.31. The molecule has 0 aliphatic rings. The highest BCUT2D eigenvalue weighted by Crippen LogP contribution is 2.18. The van der Waals surface area contributed by atoms with Crippen molar-refractivity contribution in [3.63, 3.8) is 0 Å². The Morgan fingerprint density at radius 3 is 2.43 bits per heavy atom. The number of aryl methyl sites for hydroxylation is 3. The Bertz CT molecular complexity index is 662. The Balaban J connectivity index is 1.88. The molecule has 2 aromatic rings. The van der Waals surface area contributed by atoms with Crippen molar-refractivity contribution in [2.24, 2.45) is 0 Å². The lowest BCUT2D eigenvalue weighted by atomic mass is 10.0. The van der Waals surface area contributed by atoms with Gasteiger partial charge >= 0.3 is 0 Å². The average molecular weight is 311 g/mol. The quantitative estimate of drug-likeness (QED) is 0.871. The minimum absolute atomic E-state index is 0.0285. The first-order valence-electron chi connectivity index (χ1n) is 8.08. The van der Waals surface area contributed by atoms with Crippen molar-refractivity contribution < 1.29 is 9.53 Å². The maximum Gasteiger partial charge on any atom is 0.258 e. The van der Waals surface area contributed by atoms with Gasteiger partial charge in [-0.15, -0.1) is 0 Å². The first-order valence-corrected chi connectivity index (χ1v) is 8.08. The molecule has 0 unspecified atom stereocenters. The number of nitrogens with one attached hydrogen (secondary N) is 1. The van der Waals surface area contributed by atoms with Crippen LogP contribution in [-0.4, -0.2) is 12.5 Å². The van der Waals surface area contributed by atoms with E-state index in [4.69, 9.17) is 4.74 Å². The molecule has 122 valence electrons. The van der Waals surface area contributed by atoms with Crippen LogP contribution in [-0.2, 0) is 11.2 Å². The Morgan fingerprint density at radius 1 is 1.13 bits per heavy atom. The summed E-state index contributed by atoms with van der Waals surface area (Å²) in [5.74, 6) is 0.605. The van der Waals surface area contributed by atoms with Crippen molar-refractivity contribution in [2.75, 3.05) is 6.61 Å². The molecule has 1 N–H and O–H groups in total. The Morgan fingerprint density at radius 2 is 1.83 bits per heavy atom. The van der Waals surface area contributed by atoms with Crippen LogP contribution in [0.15, 0.2) is 42.5 Å². The van der Waals surface area contributed by atoms with E-state index in [0.717, 1.165) is 17.7 Å². The van der Waals surface area contributed by atoms with Crippen LogP contribution in [0.1, 0.15) is 42.1 Å². The SMILES string of the molecule is CCc1ccc(OCC(=O)N[C@H](C)c2ccc(C)cc2C)cc1. The largest absolute Gasteiger partial charge is 0.484 e. The van der Waals surface area contributed by atoms with Crippen LogP contribution in [0.25, 0.3) is 0 Å². The normalized spacial score (nSPS) is 11.8. The van der Waals surface area contributed by atoms with Crippen molar-refractivity contribution in [1.82, 2.24) is 5.32 Å². The van der Waals surface area contributed by atoms with E-state index in [-0.39, 0.29) is 18.6 Å². The fraction of sp³-hybridized carbons (Fsp3) is 0.350. The summed E-state index contributed by atoms with van der Waals surface area (Å²) < 4.78 is 5.54. The number of benzene rings is 2. The van der Waals surface area contributed by atoms with Crippen LogP contribution < -0.4 is 10.1 Å². The molecule has 0 saturated carbocycles. The lowest BCUT2D eigenvalue weighted by Gasteiger charge is -2.17. The smallest absolute Gasteiger partial charge is 0.258 e. The fourth-order valence-electron chi connectivity index (χ4n) is 2.64. The predicted octanol–water partition coefficient (Wildman–Crippen LogP) is 4.12. The minimum atomic E-state index is -0.114.